The first-order valence-electron chi connectivity index (χ1n) is 14.6. The molecule has 4 rings (SSSR count). The van der Waals surface area contributed by atoms with E-state index in [9.17, 15) is 17.6 Å². The smallest absolute Gasteiger partial charge is 0.384 e. The van der Waals surface area contributed by atoms with Crippen molar-refractivity contribution in [3.63, 3.8) is 0 Å². The Bertz CT molecular complexity index is 1360. The number of aryl methyl sites for hydroxylation is 1. The Balaban J connectivity index is 1.95. The van der Waals surface area contributed by atoms with Gasteiger partial charge in [0, 0.05) is 50.5 Å². The van der Waals surface area contributed by atoms with Gasteiger partial charge in [-0.15, -0.1) is 0 Å². The van der Waals surface area contributed by atoms with Gasteiger partial charge in [-0.1, -0.05) is 27.2 Å². The zero-order valence-corrected chi connectivity index (χ0v) is 25.0. The Morgan fingerprint density at radius 3 is 2.38 bits per heavy atom. The zero-order chi connectivity index (χ0) is 30.6. The summed E-state index contributed by atoms with van der Waals surface area (Å²) in [5.41, 5.74) is 4.22. The third kappa shape index (κ3) is 6.36. The number of nitrogens with two attached hydrogens (primary N) is 1. The van der Waals surface area contributed by atoms with Crippen LogP contribution >= 0.6 is 0 Å². The molecular weight excluding hydrogens is 550 g/mol. The van der Waals surface area contributed by atoms with Gasteiger partial charge >= 0.3 is 6.18 Å². The van der Waals surface area contributed by atoms with Gasteiger partial charge in [0.2, 0.25) is 5.95 Å². The summed E-state index contributed by atoms with van der Waals surface area (Å²) >= 11 is 0. The topological polar surface area (TPSA) is 99.3 Å². The monoisotopic (exact) mass is 591 g/mol. The van der Waals surface area contributed by atoms with Crippen molar-refractivity contribution in [2.75, 3.05) is 68.4 Å². The highest BCUT2D eigenvalue weighted by atomic mass is 19.4. The van der Waals surface area contributed by atoms with Crippen LogP contribution in [0.3, 0.4) is 0 Å². The Labute approximate surface area is 244 Å². The molecule has 3 aromatic rings. The Morgan fingerprint density at radius 2 is 1.79 bits per heavy atom. The van der Waals surface area contributed by atoms with Crippen molar-refractivity contribution in [2.45, 2.75) is 59.4 Å². The van der Waals surface area contributed by atoms with Crippen LogP contribution in [0.4, 0.5) is 35.1 Å². The summed E-state index contributed by atoms with van der Waals surface area (Å²) in [6, 6.07) is 1.50. The first-order chi connectivity index (χ1) is 20.1. The van der Waals surface area contributed by atoms with E-state index in [1.807, 2.05) is 11.9 Å². The second-order valence-electron chi connectivity index (χ2n) is 10.6. The lowest BCUT2D eigenvalue weighted by atomic mass is 10.00. The van der Waals surface area contributed by atoms with E-state index in [1.165, 1.54) is 13.1 Å². The van der Waals surface area contributed by atoms with Crippen LogP contribution < -0.4 is 20.9 Å². The minimum Gasteiger partial charge on any atom is -0.384 e. The molecule has 42 heavy (non-hydrogen) atoms. The van der Waals surface area contributed by atoms with Gasteiger partial charge in [0.1, 0.15) is 24.0 Å². The maximum absolute atomic E-state index is 15.0. The number of rotatable bonds is 13. The van der Waals surface area contributed by atoms with E-state index in [4.69, 9.17) is 15.7 Å². The van der Waals surface area contributed by atoms with E-state index < -0.39 is 24.1 Å². The van der Waals surface area contributed by atoms with E-state index in [0.717, 1.165) is 32.0 Å². The molecule has 1 fully saturated rings. The van der Waals surface area contributed by atoms with Crippen molar-refractivity contribution in [3.8, 4) is 11.4 Å². The molecule has 4 heterocycles. The Hall–Kier alpha value is -3.32. The lowest BCUT2D eigenvalue weighted by molar-refractivity contribution is -0.137. The summed E-state index contributed by atoms with van der Waals surface area (Å²) in [6.07, 6.45) is -1.44. The van der Waals surface area contributed by atoms with Gasteiger partial charge in [-0.25, -0.2) is 14.4 Å². The van der Waals surface area contributed by atoms with E-state index in [2.05, 4.69) is 45.9 Å². The fourth-order valence-corrected chi connectivity index (χ4v) is 5.56. The van der Waals surface area contributed by atoms with E-state index in [0.29, 0.717) is 55.9 Å². The Kier molecular flexibility index (Phi) is 10.0. The molecule has 1 aliphatic rings. The SMILES string of the molecule is CCCCN(CCNC)c1nc(N2CC(N(CC)CC)C2)nc2c(CF)c(-c3nc(N)cc(C)c3C(F)(F)F)ncc12. The fraction of sp³-hybridized carbons (Fsp3) is 0.586. The van der Waals surface area contributed by atoms with Crippen LogP contribution in [0.5, 0.6) is 0 Å². The molecule has 13 heteroatoms. The number of fused-ring (bicyclic) bond motifs is 1. The molecule has 0 bridgehead atoms. The van der Waals surface area contributed by atoms with Crippen molar-refractivity contribution < 1.29 is 17.6 Å². The summed E-state index contributed by atoms with van der Waals surface area (Å²) < 4.78 is 57.6. The van der Waals surface area contributed by atoms with E-state index in [-0.39, 0.29) is 28.2 Å². The molecule has 0 unspecified atom stereocenters. The second-order valence-corrected chi connectivity index (χ2v) is 10.6. The minimum absolute atomic E-state index is 0.0646. The van der Waals surface area contributed by atoms with Gasteiger partial charge in [-0.05, 0) is 45.1 Å². The van der Waals surface area contributed by atoms with Crippen molar-refractivity contribution in [1.82, 2.24) is 30.2 Å². The van der Waals surface area contributed by atoms with Crippen LogP contribution in [0.15, 0.2) is 12.3 Å². The molecule has 1 aliphatic heterocycles. The van der Waals surface area contributed by atoms with Gasteiger partial charge < -0.3 is 20.9 Å². The molecule has 0 amide bonds. The first-order valence-corrected chi connectivity index (χ1v) is 14.6. The van der Waals surface area contributed by atoms with Crippen LogP contribution in [-0.4, -0.2) is 83.7 Å². The molecule has 0 aliphatic carbocycles. The molecule has 0 spiro atoms. The number of pyridine rings is 2. The number of nitrogens with zero attached hydrogens (tertiary/aromatic N) is 7. The number of anilines is 3. The summed E-state index contributed by atoms with van der Waals surface area (Å²) in [4.78, 5) is 24.6. The van der Waals surface area contributed by atoms with Crippen molar-refractivity contribution in [3.05, 3.63) is 29.0 Å². The van der Waals surface area contributed by atoms with Gasteiger partial charge in [0.15, 0.2) is 0 Å². The number of hydrogen-bond donors (Lipinski definition) is 2. The fourth-order valence-electron chi connectivity index (χ4n) is 5.56. The maximum atomic E-state index is 15.0. The molecule has 3 N–H and O–H groups in total. The predicted molar refractivity (Wildman–Crippen MR) is 159 cm³/mol. The number of hydrogen-bond acceptors (Lipinski definition) is 9. The average molecular weight is 592 g/mol. The number of halogens is 4. The average Bonchev–Trinajstić information content (AvgIpc) is 2.92. The molecule has 9 nitrogen and oxygen atoms in total. The van der Waals surface area contributed by atoms with Crippen LogP contribution in [0, 0.1) is 6.92 Å². The third-order valence-electron chi connectivity index (χ3n) is 7.87. The lowest BCUT2D eigenvalue weighted by Gasteiger charge is -2.45. The standard InChI is InChI=1S/C29H41F4N9/c1-6-9-11-41(12-10-35-5)27-21-15-36-25(26-23(29(31,32)33)18(4)13-22(34)37-26)20(14-30)24(21)38-28(39-27)42-16-19(17-42)40(7-2)8-3/h13,15,19,35H,6-12,14,16-17H2,1-5H3,(H2,34,37). The van der Waals surface area contributed by atoms with Crippen molar-refractivity contribution in [1.29, 1.82) is 0 Å². The van der Waals surface area contributed by atoms with Crippen LogP contribution in [0.2, 0.25) is 0 Å². The summed E-state index contributed by atoms with van der Waals surface area (Å²) in [7, 11) is 1.86. The second kappa shape index (κ2) is 13.3. The zero-order valence-electron chi connectivity index (χ0n) is 25.0. The highest BCUT2D eigenvalue weighted by molar-refractivity contribution is 5.95. The Morgan fingerprint density at radius 1 is 1.07 bits per heavy atom. The summed E-state index contributed by atoms with van der Waals surface area (Å²) in [5, 5.41) is 3.65. The maximum Gasteiger partial charge on any atom is 0.418 e. The van der Waals surface area contributed by atoms with E-state index in [1.54, 1.807) is 0 Å². The molecular formula is C29H41F4N9. The van der Waals surface area contributed by atoms with Crippen LogP contribution in [0.1, 0.15) is 50.3 Å². The van der Waals surface area contributed by atoms with Gasteiger partial charge in [0.05, 0.1) is 22.2 Å². The molecule has 0 aromatic carbocycles. The van der Waals surface area contributed by atoms with Gasteiger partial charge in [0.25, 0.3) is 0 Å². The number of unbranched alkanes of at least 4 members (excludes halogenated alkanes) is 1. The number of aromatic nitrogens is 4. The largest absolute Gasteiger partial charge is 0.418 e. The highest BCUT2D eigenvalue weighted by Crippen LogP contribution is 2.41. The van der Waals surface area contributed by atoms with E-state index >= 15 is 0 Å². The minimum atomic E-state index is -4.74. The normalized spacial score (nSPS) is 14.2. The number of nitrogens with one attached hydrogen (secondary N) is 1. The molecule has 3 aromatic heterocycles. The van der Waals surface area contributed by atoms with Crippen LogP contribution in [-0.2, 0) is 12.9 Å². The molecule has 0 atom stereocenters. The molecule has 1 saturated heterocycles. The molecule has 0 radical (unpaired) electrons. The first kappa shape index (κ1) is 31.6. The lowest BCUT2D eigenvalue weighted by Crippen LogP contribution is -2.60. The number of likely N-dealkylation sites (N-methyl/N-ethyl adjacent to an activating group) is 2. The van der Waals surface area contributed by atoms with Crippen LogP contribution in [0.25, 0.3) is 22.3 Å². The molecule has 0 saturated carbocycles. The van der Waals surface area contributed by atoms with Gasteiger partial charge in [-0.3, -0.25) is 9.88 Å². The number of alkyl halides is 4. The summed E-state index contributed by atoms with van der Waals surface area (Å²) in [6.45, 7) is 11.8. The number of nitrogen functional groups attached to an aromatic ring is 1. The highest BCUT2D eigenvalue weighted by Gasteiger charge is 2.38. The van der Waals surface area contributed by atoms with Crippen molar-refractivity contribution in [2.24, 2.45) is 0 Å². The van der Waals surface area contributed by atoms with Crippen molar-refractivity contribution >= 4 is 28.5 Å². The predicted octanol–water partition coefficient (Wildman–Crippen LogP) is 4.82. The third-order valence-corrected chi connectivity index (χ3v) is 7.87. The quantitative estimate of drug-likeness (QED) is 0.271. The summed E-state index contributed by atoms with van der Waals surface area (Å²) in [5.74, 6) is 0.907. The van der Waals surface area contributed by atoms with Gasteiger partial charge in [-0.2, -0.15) is 18.2 Å². The molecule has 230 valence electrons.